The van der Waals surface area contributed by atoms with Gasteiger partial charge in [-0.3, -0.25) is 9.00 Å². The second-order valence-electron chi connectivity index (χ2n) is 5.69. The van der Waals surface area contributed by atoms with Gasteiger partial charge in [0.05, 0.1) is 22.3 Å². The number of esters is 1. The topological polar surface area (TPSA) is 86.5 Å². The molecule has 0 bridgehead atoms. The van der Waals surface area contributed by atoms with Crippen molar-refractivity contribution in [1.82, 2.24) is 5.16 Å². The molecule has 3 rings (SSSR count). The van der Waals surface area contributed by atoms with Gasteiger partial charge in [-0.2, -0.15) is 0 Å². The Kier molecular flexibility index (Phi) is 4.80. The SMILES string of the molecule is CCOC(=O)c1noc(C2CC2)c1C(=O)c1ccc(F)cc1S(C)=O. The Hall–Kier alpha value is -2.35. The van der Waals surface area contributed by atoms with E-state index in [0.29, 0.717) is 5.76 Å². The summed E-state index contributed by atoms with van der Waals surface area (Å²) in [4.78, 5) is 25.2. The standard InChI is InChI=1S/C17H16FNO5S/c1-3-23-17(21)14-13(16(24-19-14)9-4-5-9)15(20)11-7-6-10(18)8-12(11)25(2)22/h6-9H,3-5H2,1-2H3. The molecule has 25 heavy (non-hydrogen) atoms. The van der Waals surface area contributed by atoms with Crippen molar-refractivity contribution in [1.29, 1.82) is 0 Å². The molecule has 0 aliphatic heterocycles. The molecule has 1 saturated carbocycles. The average Bonchev–Trinajstić information content (AvgIpc) is 3.32. The fourth-order valence-corrected chi connectivity index (χ4v) is 3.29. The predicted octanol–water partition coefficient (Wildman–Crippen LogP) is 2.84. The fraction of sp³-hybridized carbons (Fsp3) is 0.353. The van der Waals surface area contributed by atoms with Crippen molar-refractivity contribution in [2.45, 2.75) is 30.6 Å². The number of benzene rings is 1. The summed E-state index contributed by atoms with van der Waals surface area (Å²) < 4.78 is 35.6. The van der Waals surface area contributed by atoms with Gasteiger partial charge < -0.3 is 9.26 Å². The summed E-state index contributed by atoms with van der Waals surface area (Å²) in [7, 11) is -1.58. The van der Waals surface area contributed by atoms with Crippen LogP contribution in [0.15, 0.2) is 27.6 Å². The van der Waals surface area contributed by atoms with Crippen molar-refractivity contribution in [2.24, 2.45) is 0 Å². The highest BCUT2D eigenvalue weighted by Crippen LogP contribution is 2.43. The smallest absolute Gasteiger partial charge is 0.361 e. The lowest BCUT2D eigenvalue weighted by Crippen LogP contribution is -2.14. The third kappa shape index (κ3) is 3.39. The first kappa shape index (κ1) is 17.5. The predicted molar refractivity (Wildman–Crippen MR) is 86.6 cm³/mol. The first-order chi connectivity index (χ1) is 11.9. The van der Waals surface area contributed by atoms with Crippen LogP contribution in [0.3, 0.4) is 0 Å². The molecule has 2 aromatic rings. The quantitative estimate of drug-likeness (QED) is 0.578. The first-order valence-corrected chi connectivity index (χ1v) is 9.34. The molecule has 0 spiro atoms. The van der Waals surface area contributed by atoms with E-state index in [1.54, 1.807) is 6.92 Å². The Bertz CT molecular complexity index is 872. The van der Waals surface area contributed by atoms with Crippen LogP contribution in [0.25, 0.3) is 0 Å². The maximum atomic E-state index is 13.5. The van der Waals surface area contributed by atoms with Gasteiger partial charge in [-0.25, -0.2) is 9.18 Å². The first-order valence-electron chi connectivity index (χ1n) is 7.78. The van der Waals surface area contributed by atoms with Crippen LogP contribution in [-0.4, -0.2) is 34.0 Å². The van der Waals surface area contributed by atoms with Crippen molar-refractivity contribution in [2.75, 3.05) is 12.9 Å². The summed E-state index contributed by atoms with van der Waals surface area (Å²) in [6.07, 6.45) is 3.01. The summed E-state index contributed by atoms with van der Waals surface area (Å²) in [6, 6.07) is 3.42. The van der Waals surface area contributed by atoms with Gasteiger partial charge in [0.1, 0.15) is 11.4 Å². The molecule has 0 saturated heterocycles. The molecular weight excluding hydrogens is 349 g/mol. The van der Waals surface area contributed by atoms with E-state index in [1.807, 2.05) is 0 Å². The minimum Gasteiger partial charge on any atom is -0.461 e. The molecule has 0 radical (unpaired) electrons. The molecule has 8 heteroatoms. The maximum Gasteiger partial charge on any atom is 0.361 e. The van der Waals surface area contributed by atoms with Crippen LogP contribution >= 0.6 is 0 Å². The summed E-state index contributed by atoms with van der Waals surface area (Å²) in [5.41, 5.74) is -0.136. The van der Waals surface area contributed by atoms with Gasteiger partial charge in [0.25, 0.3) is 0 Å². The van der Waals surface area contributed by atoms with E-state index < -0.39 is 28.4 Å². The second-order valence-corrected chi connectivity index (χ2v) is 7.04. The number of aromatic nitrogens is 1. The molecule has 1 aliphatic rings. The minimum absolute atomic E-state index is 0.0132. The molecule has 1 aliphatic carbocycles. The lowest BCUT2D eigenvalue weighted by molar-refractivity contribution is 0.0512. The summed E-state index contributed by atoms with van der Waals surface area (Å²) >= 11 is 0. The maximum absolute atomic E-state index is 13.5. The highest BCUT2D eigenvalue weighted by atomic mass is 32.2. The zero-order valence-electron chi connectivity index (χ0n) is 13.7. The fourth-order valence-electron chi connectivity index (χ4n) is 2.54. The van der Waals surface area contributed by atoms with Gasteiger partial charge in [0.15, 0.2) is 11.5 Å². The van der Waals surface area contributed by atoms with Gasteiger partial charge in [0.2, 0.25) is 5.69 Å². The van der Waals surface area contributed by atoms with Gasteiger partial charge in [-0.15, -0.1) is 0 Å². The van der Waals surface area contributed by atoms with Crippen LogP contribution in [-0.2, 0) is 15.5 Å². The molecule has 132 valence electrons. The summed E-state index contributed by atoms with van der Waals surface area (Å²) in [5.74, 6) is -1.59. The molecule has 0 N–H and O–H groups in total. The average molecular weight is 365 g/mol. The van der Waals surface area contributed by atoms with Crippen molar-refractivity contribution < 1.29 is 27.4 Å². The van der Waals surface area contributed by atoms with Crippen molar-refractivity contribution in [3.63, 3.8) is 0 Å². The highest BCUT2D eigenvalue weighted by molar-refractivity contribution is 7.84. The van der Waals surface area contributed by atoms with E-state index in [4.69, 9.17) is 9.26 Å². The van der Waals surface area contributed by atoms with E-state index in [0.717, 1.165) is 25.0 Å². The third-order valence-electron chi connectivity index (χ3n) is 3.86. The van der Waals surface area contributed by atoms with E-state index in [9.17, 15) is 18.2 Å². The Balaban J connectivity index is 2.12. The Morgan fingerprint density at radius 1 is 1.40 bits per heavy atom. The van der Waals surface area contributed by atoms with Crippen LogP contribution in [0.1, 0.15) is 57.9 Å². The Morgan fingerprint density at radius 2 is 2.12 bits per heavy atom. The van der Waals surface area contributed by atoms with Crippen LogP contribution in [0.5, 0.6) is 0 Å². The minimum atomic E-state index is -1.58. The monoisotopic (exact) mass is 365 g/mol. The third-order valence-corrected chi connectivity index (χ3v) is 4.82. The Morgan fingerprint density at radius 3 is 2.72 bits per heavy atom. The molecule has 1 unspecified atom stereocenters. The second kappa shape index (κ2) is 6.87. The molecule has 1 aromatic heterocycles. The van der Waals surface area contributed by atoms with Crippen LogP contribution < -0.4 is 0 Å². The van der Waals surface area contributed by atoms with Gasteiger partial charge in [-0.1, -0.05) is 5.16 Å². The van der Waals surface area contributed by atoms with E-state index in [1.165, 1.54) is 12.3 Å². The van der Waals surface area contributed by atoms with E-state index in [2.05, 4.69) is 5.16 Å². The number of carbonyl (C=O) groups excluding carboxylic acids is 2. The molecule has 6 nitrogen and oxygen atoms in total. The molecule has 0 amide bonds. The normalized spacial score (nSPS) is 15.0. The number of halogens is 1. The van der Waals surface area contributed by atoms with Crippen LogP contribution in [0, 0.1) is 5.82 Å². The van der Waals surface area contributed by atoms with E-state index >= 15 is 0 Å². The summed E-state index contributed by atoms with van der Waals surface area (Å²) in [5, 5.41) is 3.71. The van der Waals surface area contributed by atoms with Crippen molar-refractivity contribution in [3.8, 4) is 0 Å². The van der Waals surface area contributed by atoms with E-state index in [-0.39, 0.29) is 34.2 Å². The number of carbonyl (C=O) groups is 2. The van der Waals surface area contributed by atoms with Crippen LogP contribution in [0.2, 0.25) is 0 Å². The number of hydrogen-bond acceptors (Lipinski definition) is 6. The molecule has 1 atom stereocenters. The van der Waals surface area contributed by atoms with Gasteiger partial charge in [-0.05, 0) is 38.0 Å². The number of ketones is 1. The molecule has 1 fully saturated rings. The number of ether oxygens (including phenoxy) is 1. The largest absolute Gasteiger partial charge is 0.461 e. The van der Waals surface area contributed by atoms with Crippen LogP contribution in [0.4, 0.5) is 4.39 Å². The number of rotatable bonds is 6. The zero-order chi connectivity index (χ0) is 18.1. The Labute approximate surface area is 145 Å². The zero-order valence-corrected chi connectivity index (χ0v) is 14.5. The molecular formula is C17H16FNO5S. The molecule has 1 heterocycles. The molecule has 1 aromatic carbocycles. The highest BCUT2D eigenvalue weighted by Gasteiger charge is 2.38. The summed E-state index contributed by atoms with van der Waals surface area (Å²) in [6.45, 7) is 1.76. The lowest BCUT2D eigenvalue weighted by atomic mass is 9.99. The van der Waals surface area contributed by atoms with Crippen molar-refractivity contribution >= 4 is 22.6 Å². The lowest BCUT2D eigenvalue weighted by Gasteiger charge is -2.08. The number of nitrogens with zero attached hydrogens (tertiary/aromatic N) is 1. The number of hydrogen-bond donors (Lipinski definition) is 0. The van der Waals surface area contributed by atoms with Gasteiger partial charge >= 0.3 is 5.97 Å². The van der Waals surface area contributed by atoms with Gasteiger partial charge in [0, 0.05) is 17.7 Å². The van der Waals surface area contributed by atoms with Crippen molar-refractivity contribution in [3.05, 3.63) is 46.6 Å².